The number of pyridine rings is 1. The predicted molar refractivity (Wildman–Crippen MR) is 72.7 cm³/mol. The quantitative estimate of drug-likeness (QED) is 0.465. The van der Waals surface area contributed by atoms with Crippen molar-refractivity contribution in [3.63, 3.8) is 0 Å². The fourth-order valence-electron chi connectivity index (χ4n) is 0.522. The molecule has 1 amide bonds. The minimum atomic E-state index is -3.67. The molecule has 20 heavy (non-hydrogen) atoms. The third kappa shape index (κ3) is 25.5. The first-order valence-corrected chi connectivity index (χ1v) is 8.54. The third-order valence-corrected chi connectivity index (χ3v) is 1.24. The number of aromatic nitrogens is 1. The zero-order valence-corrected chi connectivity index (χ0v) is 12.8. The van der Waals surface area contributed by atoms with Crippen molar-refractivity contribution in [3.8, 4) is 0 Å². The van der Waals surface area contributed by atoms with E-state index in [2.05, 4.69) is 4.98 Å². The van der Waals surface area contributed by atoms with Gasteiger partial charge in [0.05, 0.1) is 18.1 Å². The molecule has 0 aliphatic carbocycles. The maximum atomic E-state index is 10.5. The highest BCUT2D eigenvalue weighted by atomic mass is 35.5. The van der Waals surface area contributed by atoms with Gasteiger partial charge in [-0.05, 0) is 12.1 Å². The average molecular weight is 349 g/mol. The maximum Gasteiger partial charge on any atom is 0.261 e. The second-order valence-electron chi connectivity index (χ2n) is 3.20. The number of halogens is 1. The van der Waals surface area contributed by atoms with Crippen molar-refractivity contribution in [2.75, 3.05) is 12.5 Å². The molecule has 0 bridgehead atoms. The summed E-state index contributed by atoms with van der Waals surface area (Å²) in [6, 6.07) is 3.04. The minimum absolute atomic E-state index is 0.352. The number of carbonyl (C=O) groups excluding carboxylic acids is 1. The summed E-state index contributed by atoms with van der Waals surface area (Å²) < 4.78 is 51.7. The van der Waals surface area contributed by atoms with E-state index >= 15 is 0 Å². The van der Waals surface area contributed by atoms with Gasteiger partial charge in [0.1, 0.15) is 5.15 Å². The van der Waals surface area contributed by atoms with E-state index in [-0.39, 0.29) is 0 Å². The van der Waals surface area contributed by atoms with Gasteiger partial charge in [0.25, 0.3) is 20.2 Å². The molecule has 12 heteroatoms. The van der Waals surface area contributed by atoms with E-state index in [0.717, 1.165) is 0 Å². The number of rotatable bonds is 1. The summed E-state index contributed by atoms with van der Waals surface area (Å²) in [6.07, 6.45) is 2.77. The van der Waals surface area contributed by atoms with Gasteiger partial charge in [0.2, 0.25) is 5.91 Å². The van der Waals surface area contributed by atoms with Gasteiger partial charge in [0.15, 0.2) is 0 Å². The van der Waals surface area contributed by atoms with Crippen LogP contribution in [0.25, 0.3) is 0 Å². The lowest BCUT2D eigenvalue weighted by atomic mass is 10.3. The molecule has 9 nitrogen and oxygen atoms in total. The second kappa shape index (κ2) is 8.81. The zero-order chi connectivity index (χ0) is 16.6. The summed E-state index contributed by atoms with van der Waals surface area (Å²) in [4.78, 5) is 14.1. The minimum Gasteiger partial charge on any atom is -0.366 e. The summed E-state index contributed by atoms with van der Waals surface area (Å²) in [6.45, 7) is 0. The van der Waals surface area contributed by atoms with Crippen LogP contribution >= 0.6 is 11.6 Å². The molecule has 0 fully saturated rings. The maximum absolute atomic E-state index is 10.5. The van der Waals surface area contributed by atoms with Crippen LogP contribution in [0.2, 0.25) is 5.15 Å². The Morgan fingerprint density at radius 1 is 1.15 bits per heavy atom. The molecule has 1 aromatic heterocycles. The van der Waals surface area contributed by atoms with E-state index in [1.54, 1.807) is 0 Å². The molecular formula is C8H13ClN2O7S2. The monoisotopic (exact) mass is 348 g/mol. The van der Waals surface area contributed by atoms with Gasteiger partial charge in [-0.2, -0.15) is 16.8 Å². The lowest BCUT2D eigenvalue weighted by molar-refractivity contribution is 0.1000. The Labute approximate surface area is 121 Å². The van der Waals surface area contributed by atoms with Crippen LogP contribution in [0, 0.1) is 0 Å². The Balaban J connectivity index is 0. The molecule has 0 spiro atoms. The molecule has 1 rings (SSSR count). The average Bonchev–Trinajstić information content (AvgIpc) is 2.12. The number of nitrogens with two attached hydrogens (primary N) is 1. The fraction of sp³-hybridized carbons (Fsp3) is 0.250. The van der Waals surface area contributed by atoms with Crippen LogP contribution in [0.3, 0.4) is 0 Å². The molecule has 1 aromatic rings. The summed E-state index contributed by atoms with van der Waals surface area (Å²) in [7, 11) is -7.33. The van der Waals surface area contributed by atoms with Crippen LogP contribution in [-0.4, -0.2) is 49.3 Å². The molecule has 0 unspecified atom stereocenters. The highest BCUT2D eigenvalue weighted by molar-refractivity contribution is 7.85. The highest BCUT2D eigenvalue weighted by Crippen LogP contribution is 2.03. The van der Waals surface area contributed by atoms with Gasteiger partial charge in [0, 0.05) is 6.20 Å². The lowest BCUT2D eigenvalue weighted by Gasteiger charge is -1.91. The number of nitrogens with zero attached hydrogens (tertiary/aromatic N) is 1. The number of hydrogen-bond donors (Lipinski definition) is 3. The van der Waals surface area contributed by atoms with Crippen molar-refractivity contribution in [1.82, 2.24) is 4.98 Å². The van der Waals surface area contributed by atoms with Crippen molar-refractivity contribution in [2.45, 2.75) is 0 Å². The summed E-state index contributed by atoms with van der Waals surface area (Å²) in [5, 5.41) is 0.352. The Kier molecular flexibility index (Phi) is 9.27. The smallest absolute Gasteiger partial charge is 0.261 e. The van der Waals surface area contributed by atoms with E-state index < -0.39 is 26.1 Å². The first-order valence-electron chi connectivity index (χ1n) is 4.46. The lowest BCUT2D eigenvalue weighted by Crippen LogP contribution is -2.10. The molecule has 4 N–H and O–H groups in total. The number of hydrogen-bond acceptors (Lipinski definition) is 6. The van der Waals surface area contributed by atoms with Gasteiger partial charge in [-0.25, -0.2) is 4.98 Å². The van der Waals surface area contributed by atoms with Gasteiger partial charge >= 0.3 is 0 Å². The molecule has 116 valence electrons. The normalized spacial score (nSPS) is 10.4. The van der Waals surface area contributed by atoms with Crippen molar-refractivity contribution in [2.24, 2.45) is 5.73 Å². The van der Waals surface area contributed by atoms with Crippen LogP contribution in [0.15, 0.2) is 18.3 Å². The molecule has 0 radical (unpaired) electrons. The first kappa shape index (κ1) is 21.0. The molecule has 0 aromatic carbocycles. The van der Waals surface area contributed by atoms with Gasteiger partial charge < -0.3 is 5.73 Å². The highest BCUT2D eigenvalue weighted by Gasteiger charge is 1.97. The SMILES string of the molecule is CS(=O)(=O)O.CS(=O)(=O)O.NC(=O)c1ccc(Cl)nc1. The largest absolute Gasteiger partial charge is 0.366 e. The summed E-state index contributed by atoms with van der Waals surface area (Å²) >= 11 is 5.45. The Morgan fingerprint density at radius 3 is 1.70 bits per heavy atom. The van der Waals surface area contributed by atoms with Gasteiger partial charge in [-0.1, -0.05) is 11.6 Å². The molecule has 0 aliphatic rings. The second-order valence-corrected chi connectivity index (χ2v) is 6.52. The summed E-state index contributed by atoms with van der Waals surface area (Å²) in [5.74, 6) is -0.496. The van der Waals surface area contributed by atoms with E-state index in [1.165, 1.54) is 18.3 Å². The third-order valence-electron chi connectivity index (χ3n) is 1.01. The van der Waals surface area contributed by atoms with Crippen LogP contribution in [0.4, 0.5) is 0 Å². The predicted octanol–water partition coefficient (Wildman–Crippen LogP) is -0.158. The zero-order valence-electron chi connectivity index (χ0n) is 10.4. The van der Waals surface area contributed by atoms with E-state index in [4.69, 9.17) is 26.4 Å². The molecule has 0 saturated carbocycles. The van der Waals surface area contributed by atoms with E-state index in [9.17, 15) is 21.6 Å². The van der Waals surface area contributed by atoms with Gasteiger partial charge in [-0.15, -0.1) is 0 Å². The molecule has 0 saturated heterocycles. The number of carbonyl (C=O) groups is 1. The van der Waals surface area contributed by atoms with Crippen molar-refractivity contribution in [1.29, 1.82) is 0 Å². The van der Waals surface area contributed by atoms with Crippen LogP contribution in [0.5, 0.6) is 0 Å². The molecule has 0 atom stereocenters. The van der Waals surface area contributed by atoms with Gasteiger partial charge in [-0.3, -0.25) is 13.9 Å². The Morgan fingerprint density at radius 2 is 1.50 bits per heavy atom. The van der Waals surface area contributed by atoms with E-state index in [0.29, 0.717) is 23.2 Å². The van der Waals surface area contributed by atoms with Crippen LogP contribution < -0.4 is 5.73 Å². The Hall–Kier alpha value is -1.27. The van der Waals surface area contributed by atoms with Crippen molar-refractivity contribution in [3.05, 3.63) is 29.0 Å². The number of amides is 1. The topological polar surface area (TPSA) is 165 Å². The Bertz CT molecular complexity index is 579. The van der Waals surface area contributed by atoms with E-state index in [1.807, 2.05) is 0 Å². The van der Waals surface area contributed by atoms with Crippen LogP contribution in [-0.2, 0) is 20.2 Å². The molecule has 1 heterocycles. The standard InChI is InChI=1S/C6H5ClN2O.2CH4O3S/c7-5-2-1-4(3-9-5)6(8)10;2*1-5(2,3)4/h1-3H,(H2,8,10);2*1H3,(H,2,3,4). The first-order chi connectivity index (χ1) is 8.70. The molecular weight excluding hydrogens is 336 g/mol. The van der Waals surface area contributed by atoms with Crippen LogP contribution in [0.1, 0.15) is 10.4 Å². The number of primary amides is 1. The van der Waals surface area contributed by atoms with Crippen molar-refractivity contribution >= 4 is 37.7 Å². The fourth-order valence-corrected chi connectivity index (χ4v) is 0.633. The van der Waals surface area contributed by atoms with Crippen molar-refractivity contribution < 1.29 is 30.7 Å². The molecule has 0 aliphatic heterocycles. The summed E-state index contributed by atoms with van der Waals surface area (Å²) in [5.41, 5.74) is 5.31.